The molecule has 1 atom stereocenters. The first-order valence-electron chi connectivity index (χ1n) is 6.43. The normalized spacial score (nSPS) is 12.9. The van der Waals surface area contributed by atoms with Gasteiger partial charge in [-0.05, 0) is 41.9 Å². The highest BCUT2D eigenvalue weighted by atomic mass is 79.9. The summed E-state index contributed by atoms with van der Waals surface area (Å²) in [5, 5.41) is -1.13. The summed E-state index contributed by atoms with van der Waals surface area (Å²) in [4.78, 5) is 12.5. The molecule has 0 radical (unpaired) electrons. The van der Waals surface area contributed by atoms with Gasteiger partial charge in [-0.1, -0.05) is 42.0 Å². The summed E-state index contributed by atoms with van der Waals surface area (Å²) >= 11 is 3.22. The topological polar surface area (TPSA) is 51.2 Å². The number of Topliss-reactive ketones (excluding diaryl/α,β-unsaturated/α-hetero) is 1. The maximum absolute atomic E-state index is 12.6. The van der Waals surface area contributed by atoms with Gasteiger partial charge in [0.25, 0.3) is 0 Å². The van der Waals surface area contributed by atoms with E-state index in [1.54, 1.807) is 42.5 Å². The lowest BCUT2D eigenvalue weighted by Crippen LogP contribution is -2.27. The Morgan fingerprint density at radius 1 is 1.05 bits per heavy atom. The third-order valence-corrected chi connectivity index (χ3v) is 6.38. The lowest BCUT2D eigenvalue weighted by molar-refractivity contribution is 0.0991. The number of hydrogen-bond donors (Lipinski definition) is 0. The van der Waals surface area contributed by atoms with Crippen molar-refractivity contribution < 1.29 is 13.2 Å². The van der Waals surface area contributed by atoms with Gasteiger partial charge in [0.1, 0.15) is 5.25 Å². The van der Waals surface area contributed by atoms with Gasteiger partial charge in [0, 0.05) is 10.0 Å². The van der Waals surface area contributed by atoms with Crippen LogP contribution in [0.4, 0.5) is 0 Å². The second-order valence-electron chi connectivity index (χ2n) is 4.85. The zero-order chi connectivity index (χ0) is 15.6. The third-order valence-electron chi connectivity index (χ3n) is 3.31. The molecule has 3 nitrogen and oxygen atoms in total. The van der Waals surface area contributed by atoms with Crippen LogP contribution in [0.5, 0.6) is 0 Å². The summed E-state index contributed by atoms with van der Waals surface area (Å²) in [6, 6.07) is 13.4. The van der Waals surface area contributed by atoms with E-state index in [1.807, 2.05) is 6.92 Å². The molecule has 2 aromatic rings. The van der Waals surface area contributed by atoms with Crippen LogP contribution in [-0.2, 0) is 9.84 Å². The van der Waals surface area contributed by atoms with Gasteiger partial charge in [-0.25, -0.2) is 8.42 Å². The first kappa shape index (κ1) is 15.9. The van der Waals surface area contributed by atoms with Crippen LogP contribution in [0.25, 0.3) is 0 Å². The van der Waals surface area contributed by atoms with Crippen LogP contribution in [0.2, 0.25) is 0 Å². The van der Waals surface area contributed by atoms with E-state index in [-0.39, 0.29) is 4.90 Å². The second kappa shape index (κ2) is 6.12. The number of aryl methyl sites for hydroxylation is 1. The highest BCUT2D eigenvalue weighted by molar-refractivity contribution is 9.10. The molecule has 1 unspecified atom stereocenters. The molecule has 2 aromatic carbocycles. The molecule has 5 heteroatoms. The minimum Gasteiger partial charge on any atom is -0.293 e. The highest BCUT2D eigenvalue weighted by Crippen LogP contribution is 2.26. The standard InChI is InChI=1S/C16H15BrO3S/c1-11-7-9-13(10-8-11)16(18)12(2)21(19,20)15-6-4-3-5-14(15)17/h3-10,12H,1-2H3. The molecule has 21 heavy (non-hydrogen) atoms. The van der Waals surface area contributed by atoms with Crippen LogP contribution < -0.4 is 0 Å². The van der Waals surface area contributed by atoms with Gasteiger partial charge in [-0.15, -0.1) is 0 Å². The average molecular weight is 367 g/mol. The molecule has 0 amide bonds. The SMILES string of the molecule is Cc1ccc(C(=O)C(C)S(=O)(=O)c2ccccc2Br)cc1. The molecule has 0 saturated carbocycles. The minimum atomic E-state index is -3.72. The Morgan fingerprint density at radius 3 is 2.19 bits per heavy atom. The Kier molecular flexibility index (Phi) is 4.64. The summed E-state index contributed by atoms with van der Waals surface area (Å²) < 4.78 is 25.6. The molecule has 0 saturated heterocycles. The summed E-state index contributed by atoms with van der Waals surface area (Å²) in [7, 11) is -3.72. The van der Waals surface area contributed by atoms with E-state index < -0.39 is 20.9 Å². The van der Waals surface area contributed by atoms with Crippen molar-refractivity contribution in [1.29, 1.82) is 0 Å². The number of ketones is 1. The number of rotatable bonds is 4. The average Bonchev–Trinajstić information content (AvgIpc) is 2.46. The maximum Gasteiger partial charge on any atom is 0.189 e. The zero-order valence-electron chi connectivity index (χ0n) is 11.7. The first-order valence-corrected chi connectivity index (χ1v) is 8.77. The molecule has 0 bridgehead atoms. The van der Waals surface area contributed by atoms with Crippen LogP contribution in [0.3, 0.4) is 0 Å². The van der Waals surface area contributed by atoms with E-state index in [2.05, 4.69) is 15.9 Å². The van der Waals surface area contributed by atoms with Gasteiger partial charge in [-0.3, -0.25) is 4.79 Å². The van der Waals surface area contributed by atoms with Crippen molar-refractivity contribution in [1.82, 2.24) is 0 Å². The Balaban J connectivity index is 2.39. The molecule has 0 aromatic heterocycles. The molecule has 0 aliphatic heterocycles. The smallest absolute Gasteiger partial charge is 0.189 e. The van der Waals surface area contributed by atoms with E-state index in [0.29, 0.717) is 10.0 Å². The Bertz CT molecular complexity index is 764. The van der Waals surface area contributed by atoms with Gasteiger partial charge in [0.2, 0.25) is 0 Å². The fraction of sp³-hybridized carbons (Fsp3) is 0.188. The molecular formula is C16H15BrO3S. The molecule has 2 rings (SSSR count). The van der Waals surface area contributed by atoms with Crippen LogP contribution in [0.15, 0.2) is 57.9 Å². The molecule has 0 aliphatic rings. The van der Waals surface area contributed by atoms with Gasteiger partial charge in [0.15, 0.2) is 15.6 Å². The molecule has 0 heterocycles. The molecule has 0 aliphatic carbocycles. The number of halogens is 1. The van der Waals surface area contributed by atoms with Gasteiger partial charge < -0.3 is 0 Å². The monoisotopic (exact) mass is 366 g/mol. The Labute approximate surface area is 133 Å². The largest absolute Gasteiger partial charge is 0.293 e. The summed E-state index contributed by atoms with van der Waals surface area (Å²) in [6.45, 7) is 3.34. The molecule has 0 N–H and O–H groups in total. The van der Waals surface area contributed by atoms with Crippen molar-refractivity contribution in [3.05, 3.63) is 64.1 Å². The number of carbonyl (C=O) groups is 1. The van der Waals surface area contributed by atoms with Crippen molar-refractivity contribution in [2.45, 2.75) is 24.0 Å². The third kappa shape index (κ3) is 3.24. The fourth-order valence-corrected chi connectivity index (χ4v) is 4.33. The van der Waals surface area contributed by atoms with Crippen molar-refractivity contribution >= 4 is 31.6 Å². The lowest BCUT2D eigenvalue weighted by Gasteiger charge is -2.13. The minimum absolute atomic E-state index is 0.137. The van der Waals surface area contributed by atoms with Crippen LogP contribution in [0.1, 0.15) is 22.8 Å². The molecule has 0 spiro atoms. The quantitative estimate of drug-likeness (QED) is 0.773. The number of hydrogen-bond acceptors (Lipinski definition) is 3. The molecular weight excluding hydrogens is 352 g/mol. The number of carbonyl (C=O) groups excluding carboxylic acids is 1. The van der Waals surface area contributed by atoms with Crippen molar-refractivity contribution in [3.63, 3.8) is 0 Å². The van der Waals surface area contributed by atoms with Crippen molar-refractivity contribution in [3.8, 4) is 0 Å². The van der Waals surface area contributed by atoms with E-state index in [1.165, 1.54) is 13.0 Å². The van der Waals surface area contributed by atoms with Crippen LogP contribution in [0, 0.1) is 6.92 Å². The summed E-state index contributed by atoms with van der Waals surface area (Å²) in [5.41, 5.74) is 1.43. The molecule has 0 fully saturated rings. The fourth-order valence-electron chi connectivity index (χ4n) is 1.96. The second-order valence-corrected chi connectivity index (χ2v) is 7.94. The van der Waals surface area contributed by atoms with E-state index in [0.717, 1.165) is 5.56 Å². The summed E-state index contributed by atoms with van der Waals surface area (Å²) in [6.07, 6.45) is 0. The predicted octanol–water partition coefficient (Wildman–Crippen LogP) is 3.80. The predicted molar refractivity (Wildman–Crippen MR) is 86.3 cm³/mol. The Hall–Kier alpha value is -1.46. The van der Waals surface area contributed by atoms with Crippen LogP contribution in [-0.4, -0.2) is 19.5 Å². The highest BCUT2D eigenvalue weighted by Gasteiger charge is 2.31. The lowest BCUT2D eigenvalue weighted by atomic mass is 10.1. The summed E-state index contributed by atoms with van der Waals surface area (Å²) in [5.74, 6) is -0.397. The van der Waals surface area contributed by atoms with Crippen LogP contribution >= 0.6 is 15.9 Å². The van der Waals surface area contributed by atoms with Crippen molar-refractivity contribution in [2.75, 3.05) is 0 Å². The maximum atomic E-state index is 12.6. The first-order chi connectivity index (χ1) is 9.84. The zero-order valence-corrected chi connectivity index (χ0v) is 14.1. The van der Waals surface area contributed by atoms with E-state index >= 15 is 0 Å². The molecule has 110 valence electrons. The van der Waals surface area contributed by atoms with Gasteiger partial charge in [-0.2, -0.15) is 0 Å². The van der Waals surface area contributed by atoms with E-state index in [9.17, 15) is 13.2 Å². The van der Waals surface area contributed by atoms with Crippen molar-refractivity contribution in [2.24, 2.45) is 0 Å². The number of benzene rings is 2. The van der Waals surface area contributed by atoms with Gasteiger partial charge in [0.05, 0.1) is 4.90 Å². The van der Waals surface area contributed by atoms with Gasteiger partial charge >= 0.3 is 0 Å². The van der Waals surface area contributed by atoms with E-state index in [4.69, 9.17) is 0 Å². The Morgan fingerprint density at radius 2 is 1.62 bits per heavy atom. The number of sulfone groups is 1.